The SMILES string of the molecule is CCCCC/C=C\C/C=C\CCCCCCCCCCCCOCC(COP(=O)([O-])OCC[N+](C)(C)C)OC(=O)CCC. The van der Waals surface area contributed by atoms with Crippen LogP contribution >= 0.6 is 7.82 Å². The second-order valence-corrected chi connectivity index (χ2v) is 13.9. The molecule has 0 N–H and O–H groups in total. The third-order valence-electron chi connectivity index (χ3n) is 6.98. The Hall–Kier alpha value is -1.02. The fourth-order valence-corrected chi connectivity index (χ4v) is 5.05. The number of phosphoric ester groups is 1. The number of phosphoric acid groups is 1. The molecule has 254 valence electrons. The Labute approximate surface area is 264 Å². The molecule has 0 aliphatic rings. The minimum absolute atomic E-state index is 0.0244. The van der Waals surface area contributed by atoms with Gasteiger partial charge in [0.05, 0.1) is 34.4 Å². The van der Waals surface area contributed by atoms with Crippen molar-refractivity contribution in [3.05, 3.63) is 24.3 Å². The minimum atomic E-state index is -4.48. The predicted octanol–water partition coefficient (Wildman–Crippen LogP) is 8.30. The molecule has 0 radical (unpaired) electrons. The highest BCUT2D eigenvalue weighted by atomic mass is 31.2. The summed E-state index contributed by atoms with van der Waals surface area (Å²) in [6, 6.07) is 0. The Morgan fingerprint density at radius 2 is 1.28 bits per heavy atom. The van der Waals surface area contributed by atoms with Crippen molar-refractivity contribution in [2.75, 3.05) is 54.1 Å². The van der Waals surface area contributed by atoms with Gasteiger partial charge in [-0.25, -0.2) is 0 Å². The fraction of sp³-hybridized carbons (Fsp3) is 0.853. The maximum Gasteiger partial charge on any atom is 0.306 e. The first-order chi connectivity index (χ1) is 20.6. The quantitative estimate of drug-likeness (QED) is 0.0250. The van der Waals surface area contributed by atoms with Crippen molar-refractivity contribution in [3.8, 4) is 0 Å². The Bertz CT molecular complexity index is 752. The molecule has 0 saturated carbocycles. The molecule has 0 aliphatic heterocycles. The van der Waals surface area contributed by atoms with Gasteiger partial charge in [-0.05, 0) is 44.9 Å². The van der Waals surface area contributed by atoms with E-state index in [9.17, 15) is 14.3 Å². The first-order valence-electron chi connectivity index (χ1n) is 17.1. The Balaban J connectivity index is 3.84. The minimum Gasteiger partial charge on any atom is -0.756 e. The largest absolute Gasteiger partial charge is 0.756 e. The summed E-state index contributed by atoms with van der Waals surface area (Å²) in [5, 5.41) is 0. The van der Waals surface area contributed by atoms with Crippen LogP contribution < -0.4 is 4.89 Å². The maximum absolute atomic E-state index is 12.1. The summed E-state index contributed by atoms with van der Waals surface area (Å²) in [6.07, 6.45) is 29.1. The Kier molecular flexibility index (Phi) is 27.8. The van der Waals surface area contributed by atoms with Gasteiger partial charge in [0.2, 0.25) is 0 Å². The smallest absolute Gasteiger partial charge is 0.306 e. The number of nitrogens with zero attached hydrogens (tertiary/aromatic N) is 1. The lowest BCUT2D eigenvalue weighted by Gasteiger charge is -2.28. The van der Waals surface area contributed by atoms with E-state index in [1.54, 1.807) is 0 Å². The van der Waals surface area contributed by atoms with Gasteiger partial charge in [-0.3, -0.25) is 9.36 Å². The second-order valence-electron chi connectivity index (χ2n) is 12.5. The highest BCUT2D eigenvalue weighted by Gasteiger charge is 2.20. The number of likely N-dealkylation sites (N-methyl/N-ethyl adjacent to an activating group) is 1. The molecule has 8 nitrogen and oxygen atoms in total. The average molecular weight is 632 g/mol. The second kappa shape index (κ2) is 28.5. The molecule has 0 saturated heterocycles. The molecule has 2 atom stereocenters. The molecule has 0 spiro atoms. The number of ether oxygens (including phenoxy) is 2. The number of allylic oxidation sites excluding steroid dienone is 4. The summed E-state index contributed by atoms with van der Waals surface area (Å²) < 4.78 is 33.7. The van der Waals surface area contributed by atoms with E-state index in [4.69, 9.17) is 18.5 Å². The number of hydrogen-bond donors (Lipinski definition) is 0. The molecule has 0 aromatic carbocycles. The summed E-state index contributed by atoms with van der Waals surface area (Å²) in [6.45, 7) is 5.00. The van der Waals surface area contributed by atoms with Gasteiger partial charge >= 0.3 is 5.97 Å². The standard InChI is InChI=1S/C34H66NO7P/c1-6-8-9-10-11-12-13-14-15-16-17-18-19-20-21-22-23-24-25-26-29-39-31-33(42-34(36)27-7-2)32-41-43(37,38)40-30-28-35(3,4)5/h11-12,14-15,33H,6-10,13,16-32H2,1-5H3/b12-11-,15-14-. The summed E-state index contributed by atoms with van der Waals surface area (Å²) in [5.41, 5.74) is 0. The molecule has 0 fully saturated rings. The van der Waals surface area contributed by atoms with E-state index in [0.717, 1.165) is 19.3 Å². The molecule has 0 bridgehead atoms. The number of quaternary nitrogens is 1. The summed E-state index contributed by atoms with van der Waals surface area (Å²) in [7, 11) is 1.35. The molecule has 0 amide bonds. The molecule has 2 unspecified atom stereocenters. The van der Waals surface area contributed by atoms with Crippen LogP contribution in [0.15, 0.2) is 24.3 Å². The zero-order chi connectivity index (χ0) is 32.1. The van der Waals surface area contributed by atoms with Crippen molar-refractivity contribution in [3.63, 3.8) is 0 Å². The van der Waals surface area contributed by atoms with Crippen molar-refractivity contribution in [2.45, 2.75) is 136 Å². The van der Waals surface area contributed by atoms with Crippen LogP contribution in [0.1, 0.15) is 129 Å². The topological polar surface area (TPSA) is 94.1 Å². The van der Waals surface area contributed by atoms with E-state index in [1.165, 1.54) is 83.5 Å². The number of hydrogen-bond acceptors (Lipinski definition) is 7. The fourth-order valence-electron chi connectivity index (χ4n) is 4.32. The van der Waals surface area contributed by atoms with Gasteiger partial charge in [-0.1, -0.05) is 102 Å². The number of esters is 1. The monoisotopic (exact) mass is 631 g/mol. The van der Waals surface area contributed by atoms with Crippen LogP contribution in [0.5, 0.6) is 0 Å². The predicted molar refractivity (Wildman–Crippen MR) is 176 cm³/mol. The van der Waals surface area contributed by atoms with Crippen molar-refractivity contribution < 1.29 is 37.3 Å². The maximum atomic E-state index is 12.1. The third kappa shape index (κ3) is 32.2. The van der Waals surface area contributed by atoms with Gasteiger partial charge in [0.1, 0.15) is 19.3 Å². The molecule has 0 aromatic rings. The van der Waals surface area contributed by atoms with E-state index in [2.05, 4.69) is 31.2 Å². The number of carbonyl (C=O) groups excluding carboxylic acids is 1. The summed E-state index contributed by atoms with van der Waals surface area (Å²) in [5.74, 6) is -0.389. The zero-order valence-corrected chi connectivity index (χ0v) is 29.3. The molecule has 0 aliphatic carbocycles. The summed E-state index contributed by atoms with van der Waals surface area (Å²) >= 11 is 0. The lowest BCUT2D eigenvalue weighted by molar-refractivity contribution is -0.870. The van der Waals surface area contributed by atoms with Crippen LogP contribution in [0.2, 0.25) is 0 Å². The Morgan fingerprint density at radius 1 is 0.721 bits per heavy atom. The number of rotatable bonds is 31. The zero-order valence-electron chi connectivity index (χ0n) is 28.4. The van der Waals surface area contributed by atoms with Crippen LogP contribution in [-0.4, -0.2) is 70.7 Å². The van der Waals surface area contributed by atoms with Crippen molar-refractivity contribution >= 4 is 13.8 Å². The molecule has 43 heavy (non-hydrogen) atoms. The first-order valence-corrected chi connectivity index (χ1v) is 18.5. The van der Waals surface area contributed by atoms with Gasteiger partial charge in [0, 0.05) is 13.0 Å². The van der Waals surface area contributed by atoms with Crippen LogP contribution in [0.3, 0.4) is 0 Å². The van der Waals surface area contributed by atoms with Crippen molar-refractivity contribution in [1.82, 2.24) is 0 Å². The van der Waals surface area contributed by atoms with Gasteiger partial charge < -0.3 is 27.9 Å². The van der Waals surface area contributed by atoms with E-state index in [-0.39, 0.29) is 32.2 Å². The van der Waals surface area contributed by atoms with Gasteiger partial charge in [0.15, 0.2) is 0 Å². The summed E-state index contributed by atoms with van der Waals surface area (Å²) in [4.78, 5) is 24.1. The highest BCUT2D eigenvalue weighted by Crippen LogP contribution is 2.38. The Morgan fingerprint density at radius 3 is 1.84 bits per heavy atom. The molecule has 0 heterocycles. The van der Waals surface area contributed by atoms with E-state index in [0.29, 0.717) is 24.1 Å². The average Bonchev–Trinajstić information content (AvgIpc) is 2.93. The van der Waals surface area contributed by atoms with Crippen LogP contribution in [0.25, 0.3) is 0 Å². The molecular formula is C34H66NO7P. The van der Waals surface area contributed by atoms with Gasteiger partial charge in [-0.2, -0.15) is 0 Å². The van der Waals surface area contributed by atoms with Crippen LogP contribution in [0.4, 0.5) is 0 Å². The van der Waals surface area contributed by atoms with Crippen LogP contribution in [-0.2, 0) is 27.9 Å². The first kappa shape index (κ1) is 42.0. The van der Waals surface area contributed by atoms with E-state index >= 15 is 0 Å². The lowest BCUT2D eigenvalue weighted by atomic mass is 10.1. The number of carbonyl (C=O) groups is 1. The normalized spacial score (nSPS) is 14.5. The molecule has 9 heteroatoms. The lowest BCUT2D eigenvalue weighted by Crippen LogP contribution is -2.37. The molecular weight excluding hydrogens is 565 g/mol. The van der Waals surface area contributed by atoms with Gasteiger partial charge in [-0.15, -0.1) is 0 Å². The highest BCUT2D eigenvalue weighted by molar-refractivity contribution is 7.45. The van der Waals surface area contributed by atoms with E-state index in [1.807, 2.05) is 28.1 Å². The number of unbranched alkanes of at least 4 members (excludes halogenated alkanes) is 13. The molecule has 0 aromatic heterocycles. The molecule has 0 rings (SSSR count). The van der Waals surface area contributed by atoms with Crippen molar-refractivity contribution in [2.24, 2.45) is 0 Å². The van der Waals surface area contributed by atoms with Crippen LogP contribution in [0, 0.1) is 0 Å². The third-order valence-corrected chi connectivity index (χ3v) is 7.94. The van der Waals surface area contributed by atoms with Gasteiger partial charge in [0.25, 0.3) is 7.82 Å². The van der Waals surface area contributed by atoms with E-state index < -0.39 is 13.9 Å². The van der Waals surface area contributed by atoms with Crippen molar-refractivity contribution in [1.29, 1.82) is 0 Å².